The molecule has 0 aliphatic carbocycles. The average molecular weight is 276 g/mol. The van der Waals surface area contributed by atoms with Gasteiger partial charge in [-0.3, -0.25) is 0 Å². The molecule has 2 aromatic heterocycles. The SMILES string of the molecule is CC(=O)c1cn(C)c2c1[se]c1ccccc12. The van der Waals surface area contributed by atoms with Crippen molar-refractivity contribution in [1.82, 2.24) is 4.57 Å². The van der Waals surface area contributed by atoms with Crippen LogP contribution in [0.1, 0.15) is 17.3 Å². The van der Waals surface area contributed by atoms with Gasteiger partial charge in [-0.1, -0.05) is 0 Å². The molecule has 3 rings (SSSR count). The van der Waals surface area contributed by atoms with E-state index in [4.69, 9.17) is 0 Å². The molecule has 2 nitrogen and oxygen atoms in total. The van der Waals surface area contributed by atoms with Gasteiger partial charge in [0.2, 0.25) is 0 Å². The number of carbonyl (C=O) groups excluding carboxylic acids is 1. The topological polar surface area (TPSA) is 22.0 Å². The Morgan fingerprint density at radius 2 is 2.06 bits per heavy atom. The molecule has 0 spiro atoms. The number of ketones is 1. The Balaban J connectivity index is 2.55. The van der Waals surface area contributed by atoms with Gasteiger partial charge in [0.1, 0.15) is 0 Å². The molecule has 0 aliphatic heterocycles. The third kappa shape index (κ3) is 1.22. The molecule has 0 fully saturated rings. The van der Waals surface area contributed by atoms with Crippen molar-refractivity contribution in [2.45, 2.75) is 6.92 Å². The molecule has 0 aliphatic rings. The van der Waals surface area contributed by atoms with Crippen LogP contribution in [-0.2, 0) is 7.05 Å². The molecule has 0 radical (unpaired) electrons. The third-order valence-corrected chi connectivity index (χ3v) is 5.37. The zero-order valence-electron chi connectivity index (χ0n) is 9.15. The molecule has 0 amide bonds. The van der Waals surface area contributed by atoms with Crippen LogP contribution < -0.4 is 0 Å². The van der Waals surface area contributed by atoms with Crippen molar-refractivity contribution in [1.29, 1.82) is 0 Å². The van der Waals surface area contributed by atoms with E-state index in [2.05, 4.69) is 28.8 Å². The van der Waals surface area contributed by atoms with Crippen molar-refractivity contribution < 1.29 is 4.79 Å². The molecule has 0 saturated carbocycles. The molecule has 0 saturated heterocycles. The maximum atomic E-state index is 11.6. The summed E-state index contributed by atoms with van der Waals surface area (Å²) in [6.45, 7) is 1.65. The van der Waals surface area contributed by atoms with Crippen LogP contribution >= 0.6 is 0 Å². The first kappa shape index (κ1) is 9.88. The van der Waals surface area contributed by atoms with Crippen LogP contribution in [0.3, 0.4) is 0 Å². The van der Waals surface area contributed by atoms with Gasteiger partial charge in [-0.25, -0.2) is 0 Å². The van der Waals surface area contributed by atoms with Gasteiger partial charge in [-0.2, -0.15) is 0 Å². The zero-order chi connectivity index (χ0) is 11.3. The third-order valence-electron chi connectivity index (χ3n) is 2.87. The van der Waals surface area contributed by atoms with E-state index in [-0.39, 0.29) is 20.3 Å². The number of Topliss-reactive ketones (excluding diaryl/α,β-unsaturated/α-hetero) is 1. The number of fused-ring (bicyclic) bond motifs is 3. The Labute approximate surface area is 99.2 Å². The van der Waals surface area contributed by atoms with Crippen LogP contribution in [0.4, 0.5) is 0 Å². The van der Waals surface area contributed by atoms with E-state index in [9.17, 15) is 4.79 Å². The summed E-state index contributed by atoms with van der Waals surface area (Å²) in [5, 5.41) is 1.30. The van der Waals surface area contributed by atoms with Gasteiger partial charge in [0.05, 0.1) is 0 Å². The summed E-state index contributed by atoms with van der Waals surface area (Å²) in [6, 6.07) is 8.44. The number of nitrogens with zero attached hydrogens (tertiary/aromatic N) is 1. The number of carbonyl (C=O) groups is 1. The number of rotatable bonds is 1. The van der Waals surface area contributed by atoms with Crippen molar-refractivity contribution in [3.8, 4) is 0 Å². The van der Waals surface area contributed by atoms with E-state index in [0.29, 0.717) is 0 Å². The first-order valence-corrected chi connectivity index (χ1v) is 6.87. The Kier molecular flexibility index (Phi) is 2.06. The molecule has 0 bridgehead atoms. The fourth-order valence-corrected chi connectivity index (χ4v) is 4.86. The number of aromatic nitrogens is 1. The predicted molar refractivity (Wildman–Crippen MR) is 67.4 cm³/mol. The number of benzene rings is 1. The van der Waals surface area contributed by atoms with Crippen molar-refractivity contribution in [3.05, 3.63) is 36.0 Å². The van der Waals surface area contributed by atoms with Gasteiger partial charge >= 0.3 is 99.1 Å². The Hall–Kier alpha value is -1.31. The van der Waals surface area contributed by atoms with Crippen LogP contribution in [0.2, 0.25) is 0 Å². The van der Waals surface area contributed by atoms with Crippen molar-refractivity contribution >= 4 is 39.7 Å². The van der Waals surface area contributed by atoms with E-state index in [1.54, 1.807) is 6.92 Å². The van der Waals surface area contributed by atoms with Gasteiger partial charge in [0.15, 0.2) is 0 Å². The summed E-state index contributed by atoms with van der Waals surface area (Å²) in [5.74, 6) is 0.173. The summed E-state index contributed by atoms with van der Waals surface area (Å²) >= 11 is 0.286. The Bertz CT molecular complexity index is 705. The fraction of sp³-hybridized carbons (Fsp3) is 0.154. The first-order chi connectivity index (χ1) is 7.68. The van der Waals surface area contributed by atoms with Crippen LogP contribution in [0.5, 0.6) is 0 Å². The molecule has 3 heteroatoms. The number of hydrogen-bond donors (Lipinski definition) is 0. The molecule has 0 unspecified atom stereocenters. The monoisotopic (exact) mass is 277 g/mol. The van der Waals surface area contributed by atoms with Crippen molar-refractivity contribution in [2.75, 3.05) is 0 Å². The molecule has 1 aromatic carbocycles. The Morgan fingerprint density at radius 3 is 2.81 bits per heavy atom. The van der Waals surface area contributed by atoms with Gasteiger partial charge in [-0.05, 0) is 0 Å². The van der Waals surface area contributed by atoms with Gasteiger partial charge in [-0.15, -0.1) is 0 Å². The number of hydrogen-bond acceptors (Lipinski definition) is 1. The van der Waals surface area contributed by atoms with E-state index in [0.717, 1.165) is 5.56 Å². The van der Waals surface area contributed by atoms with Crippen LogP contribution in [0, 0.1) is 0 Å². The molecule has 3 aromatic rings. The van der Waals surface area contributed by atoms with Gasteiger partial charge in [0, 0.05) is 0 Å². The Morgan fingerprint density at radius 1 is 1.31 bits per heavy atom. The summed E-state index contributed by atoms with van der Waals surface area (Å²) < 4.78 is 4.72. The van der Waals surface area contributed by atoms with E-state index in [1.165, 1.54) is 19.4 Å². The predicted octanol–water partition coefficient (Wildman–Crippen LogP) is 2.59. The molecule has 16 heavy (non-hydrogen) atoms. The zero-order valence-corrected chi connectivity index (χ0v) is 10.9. The number of aryl methyl sites for hydroxylation is 1. The summed E-state index contributed by atoms with van der Waals surface area (Å²) in [7, 11) is 2.02. The average Bonchev–Trinajstić information content (AvgIpc) is 2.76. The second kappa shape index (κ2) is 3.34. The van der Waals surface area contributed by atoms with E-state index in [1.807, 2.05) is 13.2 Å². The van der Waals surface area contributed by atoms with Gasteiger partial charge < -0.3 is 0 Å². The van der Waals surface area contributed by atoms with Crippen molar-refractivity contribution in [2.24, 2.45) is 7.05 Å². The van der Waals surface area contributed by atoms with E-state index < -0.39 is 0 Å². The molecule has 0 atom stereocenters. The maximum absolute atomic E-state index is 11.6. The van der Waals surface area contributed by atoms with Crippen molar-refractivity contribution in [3.63, 3.8) is 0 Å². The second-order valence-corrected chi connectivity index (χ2v) is 6.19. The second-order valence-electron chi connectivity index (χ2n) is 3.99. The minimum absolute atomic E-state index is 0.173. The quantitative estimate of drug-likeness (QED) is 0.494. The molecule has 0 N–H and O–H groups in total. The summed E-state index contributed by atoms with van der Waals surface area (Å²) in [4.78, 5) is 11.6. The fourth-order valence-electron chi connectivity index (χ4n) is 2.13. The minimum atomic E-state index is 0.173. The van der Waals surface area contributed by atoms with Crippen LogP contribution in [0.15, 0.2) is 30.5 Å². The van der Waals surface area contributed by atoms with E-state index >= 15 is 0 Å². The van der Waals surface area contributed by atoms with Crippen LogP contribution in [0.25, 0.3) is 19.4 Å². The van der Waals surface area contributed by atoms with Crippen LogP contribution in [-0.4, -0.2) is 24.9 Å². The van der Waals surface area contributed by atoms with Gasteiger partial charge in [0.25, 0.3) is 0 Å². The standard InChI is InChI=1S/C13H11NOSe/c1-8(15)10-7-14(2)12-9-5-3-4-6-11(9)16-13(10)12/h3-7H,1-2H3. The first-order valence-electron chi connectivity index (χ1n) is 5.16. The molecular weight excluding hydrogens is 265 g/mol. The summed E-state index contributed by atoms with van der Waals surface area (Å²) in [5.41, 5.74) is 2.13. The summed E-state index contributed by atoms with van der Waals surface area (Å²) in [6.07, 6.45) is 1.96. The normalized spacial score (nSPS) is 11.4. The molecular formula is C13H11NOSe. The molecule has 80 valence electrons. The molecule has 2 heterocycles.